The molecule has 3 aromatic rings. The van der Waals surface area contributed by atoms with E-state index in [9.17, 15) is 4.79 Å². The summed E-state index contributed by atoms with van der Waals surface area (Å²) < 4.78 is 1.78. The number of benzene rings is 1. The van der Waals surface area contributed by atoms with Crippen molar-refractivity contribution in [1.29, 1.82) is 0 Å². The van der Waals surface area contributed by atoms with E-state index in [-0.39, 0.29) is 23.7 Å². The minimum atomic E-state index is -0.191. The Hall–Kier alpha value is -3.82. The van der Waals surface area contributed by atoms with E-state index in [0.29, 0.717) is 23.1 Å². The number of carbonyl (C=O) groups is 1. The number of hydrogen-bond acceptors (Lipinski definition) is 7. The lowest BCUT2D eigenvalue weighted by Gasteiger charge is -2.30. The van der Waals surface area contributed by atoms with Crippen LogP contribution in [0.25, 0.3) is 11.5 Å². The van der Waals surface area contributed by atoms with E-state index in [1.54, 1.807) is 9.58 Å². The van der Waals surface area contributed by atoms with Crippen molar-refractivity contribution in [1.82, 2.24) is 29.6 Å². The Balaban J connectivity index is 1.83. The maximum Gasteiger partial charge on any atom is 0.277 e. The third kappa shape index (κ3) is 4.92. The van der Waals surface area contributed by atoms with Crippen LogP contribution in [0.15, 0.2) is 34.4 Å². The van der Waals surface area contributed by atoms with E-state index in [1.807, 2.05) is 60.7 Å². The summed E-state index contributed by atoms with van der Waals surface area (Å²) in [6.45, 7) is 18.1. The molecule has 0 unspecified atom stereocenters. The largest absolute Gasteiger partial charge is 0.372 e. The summed E-state index contributed by atoms with van der Waals surface area (Å²) in [5, 5.41) is 13.6. The second-order valence-electron chi connectivity index (χ2n) is 9.90. The van der Waals surface area contributed by atoms with Crippen LogP contribution in [-0.2, 0) is 11.8 Å². The number of aromatic nitrogens is 5. The predicted molar refractivity (Wildman–Crippen MR) is 148 cm³/mol. The number of fused-ring (bicyclic) bond motifs is 1. The van der Waals surface area contributed by atoms with Gasteiger partial charge in [-0.3, -0.25) is 9.48 Å². The summed E-state index contributed by atoms with van der Waals surface area (Å²) in [5.74, 6) is 0.685. The highest BCUT2D eigenvalue weighted by Crippen LogP contribution is 2.28. The number of carbonyl (C=O) groups excluding carboxylic acids is 1. The Morgan fingerprint density at radius 2 is 1.70 bits per heavy atom. The number of aliphatic imine (C=N–C) groups is 1. The molecule has 0 fully saturated rings. The average molecular weight is 504 g/mol. The first-order chi connectivity index (χ1) is 17.5. The lowest BCUT2D eigenvalue weighted by Crippen LogP contribution is -2.47. The SMILES string of the molecule is CCN(CC)c1ccc(/N=C2/C(C(=O)N(C(C)C)C(C)C)=Nn3nc(-c4cc(C)n(C)n4)nc32)c(C)c1. The molecule has 4 rings (SSSR count). The molecule has 1 amide bonds. The zero-order chi connectivity index (χ0) is 27.0. The molecular weight excluding hydrogens is 466 g/mol. The highest BCUT2D eigenvalue weighted by atomic mass is 16.2. The molecule has 1 aliphatic rings. The summed E-state index contributed by atoms with van der Waals surface area (Å²) in [4.78, 5) is 28.9. The van der Waals surface area contributed by atoms with Crippen molar-refractivity contribution in [3.05, 3.63) is 41.3 Å². The van der Waals surface area contributed by atoms with E-state index < -0.39 is 0 Å². The Labute approximate surface area is 218 Å². The fourth-order valence-corrected chi connectivity index (χ4v) is 4.65. The van der Waals surface area contributed by atoms with Gasteiger partial charge in [0.1, 0.15) is 11.4 Å². The van der Waals surface area contributed by atoms with E-state index in [4.69, 9.17) is 9.98 Å². The molecule has 0 atom stereocenters. The normalized spacial score (nSPS) is 14.0. The number of rotatable bonds is 8. The molecule has 1 aromatic carbocycles. The van der Waals surface area contributed by atoms with Crippen LogP contribution in [0.1, 0.15) is 58.6 Å². The molecule has 0 spiro atoms. The highest BCUT2D eigenvalue weighted by Gasteiger charge is 2.36. The Bertz CT molecular complexity index is 1340. The summed E-state index contributed by atoms with van der Waals surface area (Å²) in [6, 6.07) is 8.10. The standard InChI is InChI=1S/C27H37N9O/c1-10-34(11-2)20-12-13-21(18(7)14-20)28-23-24(27(37)35(16(3)4)17(5)6)31-36-26(23)29-25(32-36)22-15-19(8)33(9)30-22/h12-17H,10-11H2,1-9H3/b28-23-. The number of aryl methyl sites for hydroxylation is 3. The summed E-state index contributed by atoms with van der Waals surface area (Å²) in [6.07, 6.45) is 0. The summed E-state index contributed by atoms with van der Waals surface area (Å²) in [7, 11) is 1.88. The zero-order valence-corrected chi connectivity index (χ0v) is 23.3. The lowest BCUT2D eigenvalue weighted by molar-refractivity contribution is -0.127. The average Bonchev–Trinajstić information content (AvgIpc) is 3.49. The number of nitrogens with zero attached hydrogens (tertiary/aromatic N) is 9. The third-order valence-electron chi connectivity index (χ3n) is 6.66. The van der Waals surface area contributed by atoms with Crippen LogP contribution in [0.5, 0.6) is 0 Å². The molecule has 0 N–H and O–H groups in total. The fraction of sp³-hybridized carbons (Fsp3) is 0.481. The molecule has 0 aliphatic carbocycles. The minimum absolute atomic E-state index is 0.000485. The van der Waals surface area contributed by atoms with Crippen molar-refractivity contribution in [2.24, 2.45) is 17.1 Å². The smallest absolute Gasteiger partial charge is 0.277 e. The van der Waals surface area contributed by atoms with Gasteiger partial charge in [0.15, 0.2) is 5.71 Å². The molecular formula is C27H37N9O. The molecule has 2 aromatic heterocycles. The maximum absolute atomic E-state index is 13.7. The highest BCUT2D eigenvalue weighted by molar-refractivity contribution is 6.70. The molecule has 0 bridgehead atoms. The summed E-state index contributed by atoms with van der Waals surface area (Å²) in [5.41, 5.74) is 5.21. The maximum atomic E-state index is 13.7. The van der Waals surface area contributed by atoms with E-state index >= 15 is 0 Å². The molecule has 0 saturated carbocycles. The van der Waals surface area contributed by atoms with Gasteiger partial charge in [0, 0.05) is 43.6 Å². The third-order valence-corrected chi connectivity index (χ3v) is 6.66. The van der Waals surface area contributed by atoms with Gasteiger partial charge in [-0.05, 0) is 85.2 Å². The van der Waals surface area contributed by atoms with Crippen LogP contribution >= 0.6 is 0 Å². The number of hydrogen-bond donors (Lipinski definition) is 0. The van der Waals surface area contributed by atoms with Crippen LogP contribution in [0.3, 0.4) is 0 Å². The van der Waals surface area contributed by atoms with E-state index in [0.717, 1.165) is 35.7 Å². The van der Waals surface area contributed by atoms with Gasteiger partial charge in [-0.25, -0.2) is 9.98 Å². The van der Waals surface area contributed by atoms with Crippen LogP contribution in [0.4, 0.5) is 11.4 Å². The Morgan fingerprint density at radius 3 is 2.24 bits per heavy atom. The van der Waals surface area contributed by atoms with Crippen molar-refractivity contribution in [3.8, 4) is 11.5 Å². The molecule has 37 heavy (non-hydrogen) atoms. The van der Waals surface area contributed by atoms with Gasteiger partial charge in [-0.2, -0.15) is 5.10 Å². The fourth-order valence-electron chi connectivity index (χ4n) is 4.65. The first kappa shape index (κ1) is 26.2. The summed E-state index contributed by atoms with van der Waals surface area (Å²) >= 11 is 0. The second kappa shape index (κ2) is 10.3. The number of anilines is 1. The van der Waals surface area contributed by atoms with Crippen molar-refractivity contribution in [2.75, 3.05) is 18.0 Å². The monoisotopic (exact) mass is 503 g/mol. The van der Waals surface area contributed by atoms with Gasteiger partial charge in [0.2, 0.25) is 11.6 Å². The predicted octanol–water partition coefficient (Wildman–Crippen LogP) is 4.13. The van der Waals surface area contributed by atoms with Crippen molar-refractivity contribution >= 4 is 28.7 Å². The van der Waals surface area contributed by atoms with E-state index in [2.05, 4.69) is 46.2 Å². The molecule has 196 valence electrons. The van der Waals surface area contributed by atoms with Crippen LogP contribution < -0.4 is 4.90 Å². The van der Waals surface area contributed by atoms with Crippen LogP contribution in [-0.4, -0.2) is 72.1 Å². The van der Waals surface area contributed by atoms with Gasteiger partial charge in [0.25, 0.3) is 5.91 Å². The lowest BCUT2D eigenvalue weighted by atomic mass is 10.1. The van der Waals surface area contributed by atoms with Crippen LogP contribution in [0, 0.1) is 13.8 Å². The van der Waals surface area contributed by atoms with Crippen molar-refractivity contribution in [3.63, 3.8) is 0 Å². The Kier molecular flexibility index (Phi) is 7.29. The molecule has 10 heteroatoms. The van der Waals surface area contributed by atoms with E-state index in [1.165, 1.54) is 4.79 Å². The first-order valence-corrected chi connectivity index (χ1v) is 12.9. The van der Waals surface area contributed by atoms with Gasteiger partial charge in [-0.1, -0.05) is 0 Å². The second-order valence-corrected chi connectivity index (χ2v) is 9.90. The minimum Gasteiger partial charge on any atom is -0.372 e. The molecule has 3 heterocycles. The van der Waals surface area contributed by atoms with Crippen molar-refractivity contribution in [2.45, 2.75) is 67.5 Å². The van der Waals surface area contributed by atoms with Crippen molar-refractivity contribution < 1.29 is 4.79 Å². The molecule has 10 nitrogen and oxygen atoms in total. The van der Waals surface area contributed by atoms with Crippen LogP contribution in [0.2, 0.25) is 0 Å². The van der Waals surface area contributed by atoms with Gasteiger partial charge in [0.05, 0.1) is 5.69 Å². The quantitative estimate of drug-likeness (QED) is 0.461. The molecule has 1 aliphatic heterocycles. The first-order valence-electron chi connectivity index (χ1n) is 12.9. The van der Waals surface area contributed by atoms with Gasteiger partial charge >= 0.3 is 0 Å². The van der Waals surface area contributed by atoms with Gasteiger partial charge < -0.3 is 9.80 Å². The van der Waals surface area contributed by atoms with Gasteiger partial charge in [-0.15, -0.1) is 15.0 Å². The topological polar surface area (TPSA) is 96.8 Å². The molecule has 0 saturated heterocycles. The number of amides is 1. The zero-order valence-electron chi connectivity index (χ0n) is 23.3. The Morgan fingerprint density at radius 1 is 1.03 bits per heavy atom. The molecule has 0 radical (unpaired) electrons.